The summed E-state index contributed by atoms with van der Waals surface area (Å²) in [6.45, 7) is 8.40. The minimum Gasteiger partial charge on any atom is -0.490 e. The van der Waals surface area contributed by atoms with Crippen LogP contribution >= 0.6 is 15.9 Å². The van der Waals surface area contributed by atoms with Gasteiger partial charge in [-0.3, -0.25) is 9.69 Å². The standard InChI is InChI=1S/C28H36BrN5O5/c1-3-37-26(35)19-34-11-9-33(10-12-34)8-5-13-38-25-18-23-22(17-24(25)39-15-14-36-2)27(32-28(30)31-23)20-6-4-7-21(29)16-20/h4,6-7,16-18H,3,5,8-15,19H2,1-2H3,(H2,30,31,32). The summed E-state index contributed by atoms with van der Waals surface area (Å²) in [6.07, 6.45) is 0.850. The van der Waals surface area contributed by atoms with Gasteiger partial charge in [0.2, 0.25) is 5.95 Å². The molecule has 0 unspecified atom stereocenters. The highest BCUT2D eigenvalue weighted by Crippen LogP contribution is 2.37. The monoisotopic (exact) mass is 601 g/mol. The number of anilines is 1. The number of nitrogens with two attached hydrogens (primary N) is 1. The van der Waals surface area contributed by atoms with Gasteiger partial charge in [0.25, 0.3) is 0 Å². The number of ether oxygens (including phenoxy) is 4. The molecule has 0 bridgehead atoms. The molecule has 210 valence electrons. The molecule has 2 N–H and O–H groups in total. The van der Waals surface area contributed by atoms with E-state index in [9.17, 15) is 4.79 Å². The summed E-state index contributed by atoms with van der Waals surface area (Å²) < 4.78 is 23.4. The Bertz CT molecular complexity index is 1250. The predicted octanol–water partition coefficient (Wildman–Crippen LogP) is 3.62. The first-order chi connectivity index (χ1) is 19.0. The number of fused-ring (bicyclic) bond motifs is 1. The quantitative estimate of drug-likeness (QED) is 0.230. The summed E-state index contributed by atoms with van der Waals surface area (Å²) in [5, 5.41) is 0.822. The Morgan fingerprint density at radius 2 is 1.74 bits per heavy atom. The lowest BCUT2D eigenvalue weighted by molar-refractivity contribution is -0.144. The van der Waals surface area contributed by atoms with Gasteiger partial charge in [-0.05, 0) is 31.5 Å². The number of esters is 1. The van der Waals surface area contributed by atoms with Crippen molar-refractivity contribution in [1.82, 2.24) is 19.8 Å². The van der Waals surface area contributed by atoms with E-state index >= 15 is 0 Å². The lowest BCUT2D eigenvalue weighted by Gasteiger charge is -2.34. The van der Waals surface area contributed by atoms with Gasteiger partial charge < -0.3 is 29.6 Å². The van der Waals surface area contributed by atoms with Crippen molar-refractivity contribution in [2.75, 3.05) is 78.5 Å². The zero-order valence-corrected chi connectivity index (χ0v) is 24.1. The van der Waals surface area contributed by atoms with Crippen LogP contribution in [0, 0.1) is 0 Å². The molecule has 0 aliphatic carbocycles. The molecule has 0 saturated carbocycles. The summed E-state index contributed by atoms with van der Waals surface area (Å²) in [5.74, 6) is 1.25. The molecule has 0 atom stereocenters. The topological polar surface area (TPSA) is 112 Å². The summed E-state index contributed by atoms with van der Waals surface area (Å²) in [6, 6.07) is 11.7. The zero-order chi connectivity index (χ0) is 27.6. The maximum atomic E-state index is 11.7. The highest BCUT2D eigenvalue weighted by Gasteiger charge is 2.20. The lowest BCUT2D eigenvalue weighted by atomic mass is 10.1. The first kappa shape index (κ1) is 29.0. The molecule has 1 fully saturated rings. The van der Waals surface area contributed by atoms with Crippen LogP contribution in [0.15, 0.2) is 40.9 Å². The molecule has 0 spiro atoms. The molecule has 4 rings (SSSR count). The molecule has 1 aromatic heterocycles. The van der Waals surface area contributed by atoms with Gasteiger partial charge in [-0.15, -0.1) is 0 Å². The molecule has 3 aromatic rings. The Kier molecular flexibility index (Phi) is 10.7. The van der Waals surface area contributed by atoms with Crippen LogP contribution in [-0.2, 0) is 14.3 Å². The van der Waals surface area contributed by atoms with E-state index < -0.39 is 0 Å². The number of aromatic nitrogens is 2. The number of carbonyl (C=O) groups excluding carboxylic acids is 1. The Morgan fingerprint density at radius 3 is 2.49 bits per heavy atom. The van der Waals surface area contributed by atoms with E-state index in [2.05, 4.69) is 35.7 Å². The number of nitrogens with zero attached hydrogens (tertiary/aromatic N) is 4. The van der Waals surface area contributed by atoms with Gasteiger partial charge in [-0.25, -0.2) is 9.97 Å². The molecular formula is C28H36BrN5O5. The second-order valence-electron chi connectivity index (χ2n) is 9.22. The van der Waals surface area contributed by atoms with Crippen LogP contribution in [0.25, 0.3) is 22.2 Å². The number of carbonyl (C=O) groups is 1. The number of halogens is 1. The Morgan fingerprint density at radius 1 is 1.00 bits per heavy atom. The Hall–Kier alpha value is -2.99. The fourth-order valence-electron chi connectivity index (χ4n) is 4.50. The summed E-state index contributed by atoms with van der Waals surface area (Å²) in [4.78, 5) is 25.3. The molecular weight excluding hydrogens is 566 g/mol. The van der Waals surface area contributed by atoms with Gasteiger partial charge in [-0.1, -0.05) is 28.1 Å². The molecule has 1 aliphatic rings. The van der Waals surface area contributed by atoms with Crippen molar-refractivity contribution in [3.05, 3.63) is 40.9 Å². The van der Waals surface area contributed by atoms with Gasteiger partial charge in [0.15, 0.2) is 11.5 Å². The summed E-state index contributed by atoms with van der Waals surface area (Å²) in [5.41, 5.74) is 8.41. The number of piperazine rings is 1. The molecule has 2 aromatic carbocycles. The number of hydrogen-bond donors (Lipinski definition) is 1. The minimum atomic E-state index is -0.158. The summed E-state index contributed by atoms with van der Waals surface area (Å²) >= 11 is 3.53. The second kappa shape index (κ2) is 14.4. The molecule has 39 heavy (non-hydrogen) atoms. The van der Waals surface area contributed by atoms with Crippen molar-refractivity contribution >= 4 is 38.8 Å². The molecule has 11 heteroatoms. The van der Waals surface area contributed by atoms with Gasteiger partial charge in [0, 0.05) is 61.3 Å². The highest BCUT2D eigenvalue weighted by atomic mass is 79.9. The number of methoxy groups -OCH3 is 1. The molecule has 10 nitrogen and oxygen atoms in total. The maximum absolute atomic E-state index is 11.7. The van der Waals surface area contributed by atoms with E-state index in [1.807, 2.05) is 43.3 Å². The van der Waals surface area contributed by atoms with E-state index in [1.54, 1.807) is 7.11 Å². The Balaban J connectivity index is 1.42. The normalized spacial score (nSPS) is 14.4. The summed E-state index contributed by atoms with van der Waals surface area (Å²) in [7, 11) is 1.64. The lowest BCUT2D eigenvalue weighted by Crippen LogP contribution is -2.48. The van der Waals surface area contributed by atoms with Crippen LogP contribution in [0.4, 0.5) is 5.95 Å². The predicted molar refractivity (Wildman–Crippen MR) is 154 cm³/mol. The minimum absolute atomic E-state index is 0.158. The van der Waals surface area contributed by atoms with Crippen molar-refractivity contribution in [2.24, 2.45) is 0 Å². The number of rotatable bonds is 13. The van der Waals surface area contributed by atoms with Gasteiger partial charge in [0.05, 0.1) is 37.6 Å². The van der Waals surface area contributed by atoms with E-state index in [0.29, 0.717) is 50.0 Å². The third-order valence-corrected chi connectivity index (χ3v) is 6.91. The van der Waals surface area contributed by atoms with Crippen LogP contribution in [0.3, 0.4) is 0 Å². The van der Waals surface area contributed by atoms with Gasteiger partial charge >= 0.3 is 5.97 Å². The first-order valence-electron chi connectivity index (χ1n) is 13.2. The average Bonchev–Trinajstić information content (AvgIpc) is 2.92. The van der Waals surface area contributed by atoms with Crippen molar-refractivity contribution in [1.29, 1.82) is 0 Å². The van der Waals surface area contributed by atoms with Crippen LogP contribution < -0.4 is 15.2 Å². The Labute approximate surface area is 237 Å². The highest BCUT2D eigenvalue weighted by molar-refractivity contribution is 9.10. The molecule has 2 heterocycles. The number of benzene rings is 2. The van der Waals surface area contributed by atoms with E-state index in [0.717, 1.165) is 60.3 Å². The maximum Gasteiger partial charge on any atom is 0.320 e. The molecule has 1 saturated heterocycles. The third kappa shape index (κ3) is 8.25. The number of hydrogen-bond acceptors (Lipinski definition) is 10. The molecule has 0 amide bonds. The molecule has 1 aliphatic heterocycles. The fraction of sp³-hybridized carbons (Fsp3) is 0.464. The van der Waals surface area contributed by atoms with Crippen LogP contribution in [0.2, 0.25) is 0 Å². The fourth-order valence-corrected chi connectivity index (χ4v) is 4.90. The largest absolute Gasteiger partial charge is 0.490 e. The average molecular weight is 603 g/mol. The van der Waals surface area contributed by atoms with E-state index in [4.69, 9.17) is 24.7 Å². The van der Waals surface area contributed by atoms with Gasteiger partial charge in [-0.2, -0.15) is 0 Å². The van der Waals surface area contributed by atoms with Crippen molar-refractivity contribution in [3.8, 4) is 22.8 Å². The SMILES string of the molecule is CCOC(=O)CN1CCN(CCCOc2cc3nc(N)nc(-c4cccc(Br)c4)c3cc2OCCOC)CC1. The second-order valence-corrected chi connectivity index (χ2v) is 10.1. The van der Waals surface area contributed by atoms with Crippen LogP contribution in [0.1, 0.15) is 13.3 Å². The van der Waals surface area contributed by atoms with Crippen LogP contribution in [0.5, 0.6) is 11.5 Å². The zero-order valence-electron chi connectivity index (χ0n) is 22.5. The van der Waals surface area contributed by atoms with Gasteiger partial charge in [0.1, 0.15) is 6.61 Å². The third-order valence-electron chi connectivity index (χ3n) is 6.42. The van der Waals surface area contributed by atoms with E-state index in [1.165, 1.54) is 0 Å². The smallest absolute Gasteiger partial charge is 0.320 e. The van der Waals surface area contributed by atoms with Crippen molar-refractivity contribution in [2.45, 2.75) is 13.3 Å². The van der Waals surface area contributed by atoms with Crippen molar-refractivity contribution < 1.29 is 23.7 Å². The first-order valence-corrected chi connectivity index (χ1v) is 14.0. The van der Waals surface area contributed by atoms with Crippen LogP contribution in [-0.4, -0.2) is 98.5 Å². The van der Waals surface area contributed by atoms with Crippen molar-refractivity contribution in [3.63, 3.8) is 0 Å². The molecule has 0 radical (unpaired) electrons. The van der Waals surface area contributed by atoms with E-state index in [-0.39, 0.29) is 11.9 Å². The number of nitrogen functional groups attached to an aromatic ring is 1.